The Morgan fingerprint density at radius 2 is 0.705 bits per heavy atom. The van der Waals surface area contributed by atoms with E-state index in [9.17, 15) is 10.2 Å². The number of aromatic hydroxyl groups is 2. The molecular formula is C57H54O4. The highest BCUT2D eigenvalue weighted by Gasteiger charge is 2.55. The SMILES string of the molecule is Oc1cccc(Oc2ccc(C3(c4ccc(Oc5cccc(O)c5)cc4)c4cc(C56CC7CC(CC(C7)C5)C6)ccc4-c4ccc(C56CC7CC(CC(C7)C5)C6)cc43)cc2)c1. The van der Waals surface area contributed by atoms with Gasteiger partial charge >= 0.3 is 0 Å². The molecule has 306 valence electrons. The summed E-state index contributed by atoms with van der Waals surface area (Å²) < 4.78 is 12.7. The van der Waals surface area contributed by atoms with Crippen molar-refractivity contribution in [3.05, 3.63) is 167 Å². The van der Waals surface area contributed by atoms with Crippen LogP contribution in [0, 0.1) is 35.5 Å². The molecule has 0 amide bonds. The summed E-state index contributed by atoms with van der Waals surface area (Å²) in [6.07, 6.45) is 16.6. The van der Waals surface area contributed by atoms with E-state index < -0.39 is 5.41 Å². The van der Waals surface area contributed by atoms with Crippen molar-refractivity contribution in [3.8, 4) is 45.6 Å². The third kappa shape index (κ3) is 5.69. The fourth-order valence-electron chi connectivity index (χ4n) is 15.6. The monoisotopic (exact) mass is 802 g/mol. The molecule has 0 saturated heterocycles. The molecule has 0 aromatic heterocycles. The second-order valence-corrected chi connectivity index (χ2v) is 20.9. The zero-order chi connectivity index (χ0) is 40.5. The van der Waals surface area contributed by atoms with Crippen LogP contribution in [-0.4, -0.2) is 10.2 Å². The average Bonchev–Trinajstić information content (AvgIpc) is 3.53. The molecule has 8 bridgehead atoms. The molecule has 8 saturated carbocycles. The minimum Gasteiger partial charge on any atom is -0.508 e. The molecule has 15 rings (SSSR count). The number of ether oxygens (including phenoxy) is 2. The summed E-state index contributed by atoms with van der Waals surface area (Å²) in [6.45, 7) is 0. The van der Waals surface area contributed by atoms with Crippen molar-refractivity contribution < 1.29 is 19.7 Å². The zero-order valence-corrected chi connectivity index (χ0v) is 34.9. The van der Waals surface area contributed by atoms with E-state index in [-0.39, 0.29) is 22.3 Å². The average molecular weight is 803 g/mol. The third-order valence-electron chi connectivity index (χ3n) is 17.1. The molecule has 0 aliphatic heterocycles. The summed E-state index contributed by atoms with van der Waals surface area (Å²) in [7, 11) is 0. The fourth-order valence-corrected chi connectivity index (χ4v) is 15.6. The molecule has 9 aliphatic carbocycles. The topological polar surface area (TPSA) is 58.9 Å². The number of hydrogen-bond donors (Lipinski definition) is 2. The van der Waals surface area contributed by atoms with Gasteiger partial charge in [-0.3, -0.25) is 0 Å². The molecule has 0 radical (unpaired) electrons. The maximum absolute atomic E-state index is 10.2. The van der Waals surface area contributed by atoms with Crippen LogP contribution in [-0.2, 0) is 16.2 Å². The van der Waals surface area contributed by atoms with Crippen molar-refractivity contribution in [2.75, 3.05) is 0 Å². The summed E-state index contributed by atoms with van der Waals surface area (Å²) in [6, 6.07) is 47.2. The van der Waals surface area contributed by atoms with E-state index in [4.69, 9.17) is 9.47 Å². The molecular weight excluding hydrogens is 749 g/mol. The van der Waals surface area contributed by atoms with Gasteiger partial charge in [-0.05, 0) is 216 Å². The van der Waals surface area contributed by atoms with E-state index in [1.807, 2.05) is 24.3 Å². The number of phenolic OH excluding ortho intramolecular Hbond substituents is 2. The highest BCUT2D eigenvalue weighted by atomic mass is 16.5. The van der Waals surface area contributed by atoms with Gasteiger partial charge in [0.1, 0.15) is 34.5 Å². The molecule has 0 spiro atoms. The lowest BCUT2D eigenvalue weighted by atomic mass is 9.47. The van der Waals surface area contributed by atoms with Gasteiger partial charge in [-0.25, -0.2) is 0 Å². The summed E-state index contributed by atoms with van der Waals surface area (Å²) in [5, 5.41) is 20.4. The Morgan fingerprint density at radius 3 is 1.05 bits per heavy atom. The zero-order valence-electron chi connectivity index (χ0n) is 34.9. The Bertz CT molecular complexity index is 2430. The van der Waals surface area contributed by atoms with Gasteiger partial charge in [-0.1, -0.05) is 72.8 Å². The van der Waals surface area contributed by atoms with Gasteiger partial charge in [0.25, 0.3) is 0 Å². The van der Waals surface area contributed by atoms with Crippen LogP contribution in [0.15, 0.2) is 133 Å². The Balaban J connectivity index is 1.01. The number of hydrogen-bond acceptors (Lipinski definition) is 4. The first-order valence-electron chi connectivity index (χ1n) is 23.2. The Morgan fingerprint density at radius 1 is 0.361 bits per heavy atom. The molecule has 0 heterocycles. The maximum atomic E-state index is 10.2. The minimum atomic E-state index is -0.589. The first-order chi connectivity index (χ1) is 29.8. The lowest BCUT2D eigenvalue weighted by Crippen LogP contribution is -2.48. The van der Waals surface area contributed by atoms with Crippen LogP contribution in [0.2, 0.25) is 0 Å². The predicted octanol–water partition coefficient (Wildman–Crippen LogP) is 14.0. The number of phenols is 2. The van der Waals surface area contributed by atoms with E-state index in [2.05, 4.69) is 84.9 Å². The molecule has 6 aromatic carbocycles. The van der Waals surface area contributed by atoms with Crippen molar-refractivity contribution in [2.24, 2.45) is 35.5 Å². The van der Waals surface area contributed by atoms with Gasteiger partial charge in [0.05, 0.1) is 5.41 Å². The standard InChI is InChI=1S/C57H54O4/c58-45-3-1-5-49(27-45)60-47-13-7-41(8-14-47)57(42-9-15-48(16-10-42)61-50-6-2-4-46(59)28-50)53-25-43(55-29-35-19-36(30-55)21-37(20-35)31-55)11-17-51(53)52-18-12-44(26-54(52)57)56-32-38-22-39(33-56)24-40(23-38)34-56/h1-18,25-28,35-40,58-59H,19-24,29-34H2. The molecule has 0 atom stereocenters. The highest BCUT2D eigenvalue weighted by molar-refractivity contribution is 5.87. The molecule has 4 heteroatoms. The number of rotatable bonds is 8. The quantitative estimate of drug-likeness (QED) is 0.161. The van der Waals surface area contributed by atoms with Crippen LogP contribution in [0.5, 0.6) is 34.5 Å². The van der Waals surface area contributed by atoms with Gasteiger partial charge in [-0.15, -0.1) is 0 Å². The van der Waals surface area contributed by atoms with E-state index in [0.29, 0.717) is 11.5 Å². The lowest BCUT2D eigenvalue weighted by Gasteiger charge is -2.57. The van der Waals surface area contributed by atoms with Crippen LogP contribution in [0.3, 0.4) is 0 Å². The Labute approximate surface area is 359 Å². The summed E-state index contributed by atoms with van der Waals surface area (Å²) in [5.41, 5.74) is 11.0. The van der Waals surface area contributed by atoms with Crippen molar-refractivity contribution in [1.82, 2.24) is 0 Å². The van der Waals surface area contributed by atoms with Crippen molar-refractivity contribution in [1.29, 1.82) is 0 Å². The van der Waals surface area contributed by atoms with E-state index in [1.54, 1.807) is 35.4 Å². The van der Waals surface area contributed by atoms with Crippen molar-refractivity contribution >= 4 is 0 Å². The van der Waals surface area contributed by atoms with Crippen LogP contribution in [0.25, 0.3) is 11.1 Å². The smallest absolute Gasteiger partial charge is 0.131 e. The summed E-state index contributed by atoms with van der Waals surface area (Å²) >= 11 is 0. The molecule has 4 nitrogen and oxygen atoms in total. The predicted molar refractivity (Wildman–Crippen MR) is 240 cm³/mol. The summed E-state index contributed by atoms with van der Waals surface area (Å²) in [5.74, 6) is 8.26. The van der Waals surface area contributed by atoms with E-state index in [0.717, 1.165) is 47.0 Å². The molecule has 0 unspecified atom stereocenters. The van der Waals surface area contributed by atoms with Gasteiger partial charge in [0.2, 0.25) is 0 Å². The number of fused-ring (bicyclic) bond motifs is 3. The molecule has 9 aliphatic rings. The van der Waals surface area contributed by atoms with E-state index >= 15 is 0 Å². The van der Waals surface area contributed by atoms with Crippen LogP contribution in [0.4, 0.5) is 0 Å². The van der Waals surface area contributed by atoms with Gasteiger partial charge < -0.3 is 19.7 Å². The minimum absolute atomic E-state index is 0.188. The van der Waals surface area contributed by atoms with Gasteiger partial charge in [-0.2, -0.15) is 0 Å². The molecule has 8 fully saturated rings. The third-order valence-corrected chi connectivity index (χ3v) is 17.1. The van der Waals surface area contributed by atoms with Crippen LogP contribution in [0.1, 0.15) is 110 Å². The fraction of sp³-hybridized carbons (Fsp3) is 0.368. The number of benzene rings is 6. The lowest BCUT2D eigenvalue weighted by molar-refractivity contribution is -0.00530. The van der Waals surface area contributed by atoms with Gasteiger partial charge in [0, 0.05) is 12.1 Å². The maximum Gasteiger partial charge on any atom is 0.131 e. The van der Waals surface area contributed by atoms with Crippen LogP contribution >= 0.6 is 0 Å². The highest BCUT2D eigenvalue weighted by Crippen LogP contribution is 2.65. The van der Waals surface area contributed by atoms with Crippen molar-refractivity contribution in [3.63, 3.8) is 0 Å². The second kappa shape index (κ2) is 13.3. The molecule has 2 N–H and O–H groups in total. The molecule has 61 heavy (non-hydrogen) atoms. The normalized spacial score (nSPS) is 30.6. The first kappa shape index (κ1) is 36.2. The van der Waals surface area contributed by atoms with E-state index in [1.165, 1.54) is 110 Å². The summed E-state index contributed by atoms with van der Waals surface area (Å²) in [4.78, 5) is 0. The van der Waals surface area contributed by atoms with Gasteiger partial charge in [0.15, 0.2) is 0 Å². The second-order valence-electron chi connectivity index (χ2n) is 20.9. The first-order valence-corrected chi connectivity index (χ1v) is 23.2. The largest absolute Gasteiger partial charge is 0.508 e. The van der Waals surface area contributed by atoms with Crippen LogP contribution < -0.4 is 9.47 Å². The molecule has 6 aromatic rings. The Hall–Kier alpha value is -5.48. The Kier molecular flexibility index (Phi) is 7.87. The van der Waals surface area contributed by atoms with Crippen molar-refractivity contribution in [2.45, 2.75) is 93.3 Å².